The summed E-state index contributed by atoms with van der Waals surface area (Å²) in [7, 11) is 1.68. The molecular weight excluding hydrogens is 420 g/mol. The molecule has 1 fully saturated rings. The van der Waals surface area contributed by atoms with Gasteiger partial charge in [0.15, 0.2) is 23.3 Å². The molecule has 0 radical (unpaired) electrons. The third kappa shape index (κ3) is 5.70. The maximum Gasteiger partial charge on any atom is 0.167 e. The second-order valence-electron chi connectivity index (χ2n) is 8.59. The maximum absolute atomic E-state index is 15.0. The first-order valence-corrected chi connectivity index (χ1v) is 11.5. The smallest absolute Gasteiger partial charge is 0.167 e. The molecule has 1 aliphatic carbocycles. The van der Waals surface area contributed by atoms with Gasteiger partial charge in [-0.05, 0) is 67.9 Å². The van der Waals surface area contributed by atoms with Gasteiger partial charge in [0.2, 0.25) is 0 Å². The molecule has 0 saturated heterocycles. The third-order valence-corrected chi connectivity index (χ3v) is 6.45. The first-order chi connectivity index (χ1) is 15.5. The van der Waals surface area contributed by atoms with Gasteiger partial charge in [-0.15, -0.1) is 0 Å². The Morgan fingerprint density at radius 2 is 1.44 bits per heavy atom. The number of hydrogen-bond acceptors (Lipinski definition) is 2. The summed E-state index contributed by atoms with van der Waals surface area (Å²) < 4.78 is 69.6. The number of ether oxygens (including phenoxy) is 2. The Balaban J connectivity index is 1.76. The fourth-order valence-electron chi connectivity index (χ4n) is 4.55. The molecule has 2 nitrogen and oxygen atoms in total. The summed E-state index contributed by atoms with van der Waals surface area (Å²) in [5, 5.41) is 0. The van der Waals surface area contributed by atoms with E-state index in [4.69, 9.17) is 9.47 Å². The van der Waals surface area contributed by atoms with Gasteiger partial charge in [-0.2, -0.15) is 0 Å². The second-order valence-corrected chi connectivity index (χ2v) is 8.59. The molecule has 0 aliphatic heterocycles. The second kappa shape index (κ2) is 11.8. The van der Waals surface area contributed by atoms with E-state index in [2.05, 4.69) is 0 Å². The lowest BCUT2D eigenvalue weighted by Crippen LogP contribution is -2.16. The minimum atomic E-state index is -1.16. The molecule has 2 aromatic carbocycles. The highest BCUT2D eigenvalue weighted by molar-refractivity contribution is 5.66. The standard InChI is InChI=1S/C26H32F4O2/c1-3-14-32-16-13-19-8-9-21(25(29)23(19)27)22-11-10-20(24(28)26(22)30)18-6-4-17(5-7-18)12-15-31-2/h8-11,17-18H,3-7,12-16H2,1-2H3. The number of methoxy groups -OCH3 is 1. The van der Waals surface area contributed by atoms with Crippen LogP contribution in [0.25, 0.3) is 11.1 Å². The first kappa shape index (κ1) is 24.7. The van der Waals surface area contributed by atoms with E-state index < -0.39 is 23.3 Å². The summed E-state index contributed by atoms with van der Waals surface area (Å²) in [6.45, 7) is 3.49. The zero-order valence-corrected chi connectivity index (χ0v) is 18.9. The summed E-state index contributed by atoms with van der Waals surface area (Å²) in [6, 6.07) is 5.62. The molecule has 32 heavy (non-hydrogen) atoms. The predicted octanol–water partition coefficient (Wildman–Crippen LogP) is 7.19. The molecule has 0 amide bonds. The number of halogens is 4. The Kier molecular flexibility index (Phi) is 9.11. The van der Waals surface area contributed by atoms with Crippen LogP contribution in [0.5, 0.6) is 0 Å². The van der Waals surface area contributed by atoms with E-state index in [9.17, 15) is 17.6 Å². The first-order valence-electron chi connectivity index (χ1n) is 11.5. The Labute approximate surface area is 187 Å². The molecule has 0 spiro atoms. The van der Waals surface area contributed by atoms with Crippen molar-refractivity contribution in [2.75, 3.05) is 26.9 Å². The van der Waals surface area contributed by atoms with Crippen molar-refractivity contribution >= 4 is 0 Å². The van der Waals surface area contributed by atoms with Crippen LogP contribution >= 0.6 is 0 Å². The van der Waals surface area contributed by atoms with Crippen LogP contribution in [-0.2, 0) is 15.9 Å². The van der Waals surface area contributed by atoms with Gasteiger partial charge in [0.05, 0.1) is 6.61 Å². The average Bonchev–Trinajstić information content (AvgIpc) is 2.81. The molecule has 1 saturated carbocycles. The Morgan fingerprint density at radius 1 is 0.781 bits per heavy atom. The molecule has 3 rings (SSSR count). The van der Waals surface area contributed by atoms with Crippen molar-refractivity contribution in [1.82, 2.24) is 0 Å². The van der Waals surface area contributed by atoms with E-state index in [0.717, 1.165) is 38.5 Å². The van der Waals surface area contributed by atoms with Gasteiger partial charge in [0, 0.05) is 31.5 Å². The Bertz CT molecular complexity index is 892. The fourth-order valence-corrected chi connectivity index (χ4v) is 4.55. The third-order valence-electron chi connectivity index (χ3n) is 6.45. The molecular formula is C26H32F4O2. The van der Waals surface area contributed by atoms with E-state index in [1.807, 2.05) is 6.92 Å². The lowest BCUT2D eigenvalue weighted by Gasteiger charge is -2.29. The molecule has 0 heterocycles. The van der Waals surface area contributed by atoms with Crippen molar-refractivity contribution in [3.8, 4) is 11.1 Å². The van der Waals surface area contributed by atoms with Gasteiger partial charge in [-0.25, -0.2) is 17.6 Å². The summed E-state index contributed by atoms with van der Waals surface area (Å²) in [5.74, 6) is -3.81. The van der Waals surface area contributed by atoms with E-state index in [1.54, 1.807) is 7.11 Å². The predicted molar refractivity (Wildman–Crippen MR) is 118 cm³/mol. The lowest BCUT2D eigenvalue weighted by atomic mass is 9.77. The van der Waals surface area contributed by atoms with Crippen LogP contribution in [0, 0.1) is 29.2 Å². The van der Waals surface area contributed by atoms with Gasteiger partial charge in [0.1, 0.15) is 0 Å². The molecule has 0 unspecified atom stereocenters. The lowest BCUT2D eigenvalue weighted by molar-refractivity contribution is 0.137. The fraction of sp³-hybridized carbons (Fsp3) is 0.538. The highest BCUT2D eigenvalue weighted by atomic mass is 19.2. The van der Waals surface area contributed by atoms with E-state index in [0.29, 0.717) is 24.7 Å². The van der Waals surface area contributed by atoms with Crippen LogP contribution in [0.2, 0.25) is 0 Å². The summed E-state index contributed by atoms with van der Waals surface area (Å²) in [4.78, 5) is 0. The van der Waals surface area contributed by atoms with Gasteiger partial charge >= 0.3 is 0 Å². The SMILES string of the molecule is CCCOCCc1ccc(-c2ccc(C3CCC(CCOC)CC3)c(F)c2F)c(F)c1F. The topological polar surface area (TPSA) is 18.5 Å². The minimum Gasteiger partial charge on any atom is -0.385 e. The van der Waals surface area contributed by atoms with Crippen molar-refractivity contribution in [2.24, 2.45) is 5.92 Å². The van der Waals surface area contributed by atoms with Crippen molar-refractivity contribution in [2.45, 2.75) is 57.8 Å². The highest BCUT2D eigenvalue weighted by Gasteiger charge is 2.27. The summed E-state index contributed by atoms with van der Waals surface area (Å²) in [6.07, 6.45) is 5.48. The molecule has 176 valence electrons. The number of benzene rings is 2. The van der Waals surface area contributed by atoms with Crippen molar-refractivity contribution in [1.29, 1.82) is 0 Å². The van der Waals surface area contributed by atoms with Gasteiger partial charge in [0.25, 0.3) is 0 Å². The van der Waals surface area contributed by atoms with Crippen LogP contribution in [0.3, 0.4) is 0 Å². The molecule has 0 aromatic heterocycles. The molecule has 6 heteroatoms. The molecule has 0 atom stereocenters. The zero-order chi connectivity index (χ0) is 23.1. The van der Waals surface area contributed by atoms with Gasteiger partial charge in [-0.3, -0.25) is 0 Å². The quantitative estimate of drug-likeness (QED) is 0.281. The van der Waals surface area contributed by atoms with Crippen LogP contribution in [0.4, 0.5) is 17.6 Å². The van der Waals surface area contributed by atoms with E-state index >= 15 is 0 Å². The average molecular weight is 453 g/mol. The molecule has 2 aromatic rings. The summed E-state index contributed by atoms with van der Waals surface area (Å²) >= 11 is 0. The van der Waals surface area contributed by atoms with Crippen LogP contribution in [0.1, 0.15) is 62.5 Å². The van der Waals surface area contributed by atoms with Crippen molar-refractivity contribution < 1.29 is 27.0 Å². The summed E-state index contributed by atoms with van der Waals surface area (Å²) in [5.41, 5.74) is -0.0516. The Hall–Kier alpha value is -1.92. The molecule has 0 bridgehead atoms. The highest BCUT2D eigenvalue weighted by Crippen LogP contribution is 2.40. The van der Waals surface area contributed by atoms with Gasteiger partial charge < -0.3 is 9.47 Å². The largest absolute Gasteiger partial charge is 0.385 e. The minimum absolute atomic E-state index is 0.0653. The van der Waals surface area contributed by atoms with Crippen LogP contribution in [-0.4, -0.2) is 26.9 Å². The zero-order valence-electron chi connectivity index (χ0n) is 18.9. The normalized spacial score (nSPS) is 18.8. The van der Waals surface area contributed by atoms with Crippen LogP contribution < -0.4 is 0 Å². The van der Waals surface area contributed by atoms with Gasteiger partial charge in [-0.1, -0.05) is 31.2 Å². The van der Waals surface area contributed by atoms with Crippen LogP contribution in [0.15, 0.2) is 24.3 Å². The molecule has 1 aliphatic rings. The van der Waals surface area contributed by atoms with Crippen molar-refractivity contribution in [3.63, 3.8) is 0 Å². The van der Waals surface area contributed by atoms with E-state index in [1.165, 1.54) is 24.3 Å². The maximum atomic E-state index is 15.0. The van der Waals surface area contributed by atoms with E-state index in [-0.39, 0.29) is 35.6 Å². The number of hydrogen-bond donors (Lipinski definition) is 0. The Morgan fingerprint density at radius 3 is 2.09 bits per heavy atom. The number of rotatable bonds is 10. The monoisotopic (exact) mass is 452 g/mol. The molecule has 0 N–H and O–H groups in total. The van der Waals surface area contributed by atoms with Crippen molar-refractivity contribution in [3.05, 3.63) is 58.7 Å².